The molecule has 2 aromatic rings. The van der Waals surface area contributed by atoms with Crippen LogP contribution in [0.5, 0.6) is 0 Å². The lowest BCUT2D eigenvalue weighted by Gasteiger charge is -2.32. The summed E-state index contributed by atoms with van der Waals surface area (Å²) in [4.78, 5) is 4.52. The minimum atomic E-state index is 0.303. The fourth-order valence-electron chi connectivity index (χ4n) is 3.19. The van der Waals surface area contributed by atoms with Gasteiger partial charge in [0.1, 0.15) is 5.69 Å². The number of nitrogens with zero attached hydrogens (tertiary/aromatic N) is 5. The lowest BCUT2D eigenvalue weighted by molar-refractivity contribution is 0.0832. The van der Waals surface area contributed by atoms with Crippen molar-refractivity contribution in [2.75, 3.05) is 40.4 Å². The van der Waals surface area contributed by atoms with Crippen LogP contribution in [0.15, 0.2) is 23.0 Å². The van der Waals surface area contributed by atoms with Gasteiger partial charge in [-0.25, -0.2) is 4.68 Å². The van der Waals surface area contributed by atoms with E-state index in [0.717, 1.165) is 45.0 Å². The summed E-state index contributed by atoms with van der Waals surface area (Å²) in [6.45, 7) is 7.98. The highest BCUT2D eigenvalue weighted by Gasteiger charge is 2.30. The van der Waals surface area contributed by atoms with Gasteiger partial charge in [-0.3, -0.25) is 4.90 Å². The highest BCUT2D eigenvalue weighted by molar-refractivity contribution is 5.20. The summed E-state index contributed by atoms with van der Waals surface area (Å²) in [6, 6.07) is 2.01. The Morgan fingerprint density at radius 1 is 1.42 bits per heavy atom. The molecule has 24 heavy (non-hydrogen) atoms. The maximum absolute atomic E-state index is 5.94. The molecule has 0 bridgehead atoms. The SMILES string of the molecule is CCn1nnc2c1C(COCCN(C)C)CN(Cc1ccoc1)C2. The molecular formula is C17H27N5O2. The molecular weight excluding hydrogens is 306 g/mol. The van der Waals surface area contributed by atoms with Crippen molar-refractivity contribution in [3.63, 3.8) is 0 Å². The molecule has 1 unspecified atom stereocenters. The third-order valence-corrected chi connectivity index (χ3v) is 4.37. The minimum absolute atomic E-state index is 0.303. The van der Waals surface area contributed by atoms with Crippen LogP contribution in [0.4, 0.5) is 0 Å². The molecule has 1 aliphatic heterocycles. The van der Waals surface area contributed by atoms with E-state index in [9.17, 15) is 0 Å². The first-order valence-corrected chi connectivity index (χ1v) is 8.55. The second-order valence-electron chi connectivity index (χ2n) is 6.61. The van der Waals surface area contributed by atoms with E-state index in [1.807, 2.05) is 10.7 Å². The summed E-state index contributed by atoms with van der Waals surface area (Å²) >= 11 is 0. The minimum Gasteiger partial charge on any atom is -0.472 e. The van der Waals surface area contributed by atoms with Crippen LogP contribution in [0.3, 0.4) is 0 Å². The van der Waals surface area contributed by atoms with Gasteiger partial charge < -0.3 is 14.1 Å². The second-order valence-corrected chi connectivity index (χ2v) is 6.61. The number of fused-ring (bicyclic) bond motifs is 1. The first-order chi connectivity index (χ1) is 11.7. The smallest absolute Gasteiger partial charge is 0.100 e. The van der Waals surface area contributed by atoms with Gasteiger partial charge in [-0.1, -0.05) is 5.21 Å². The second kappa shape index (κ2) is 7.92. The van der Waals surface area contributed by atoms with Gasteiger partial charge in [0.2, 0.25) is 0 Å². The van der Waals surface area contributed by atoms with Crippen molar-refractivity contribution in [3.8, 4) is 0 Å². The molecule has 0 aliphatic carbocycles. The Morgan fingerprint density at radius 2 is 2.29 bits per heavy atom. The zero-order valence-corrected chi connectivity index (χ0v) is 14.8. The molecule has 0 saturated heterocycles. The predicted molar refractivity (Wildman–Crippen MR) is 90.6 cm³/mol. The number of hydrogen-bond donors (Lipinski definition) is 0. The van der Waals surface area contributed by atoms with E-state index in [-0.39, 0.29) is 0 Å². The number of aryl methyl sites for hydroxylation is 1. The Kier molecular flexibility index (Phi) is 5.65. The molecule has 0 fully saturated rings. The van der Waals surface area contributed by atoms with Gasteiger partial charge in [0.05, 0.1) is 31.4 Å². The van der Waals surface area contributed by atoms with E-state index in [1.165, 1.54) is 11.3 Å². The first kappa shape index (κ1) is 17.1. The molecule has 0 amide bonds. The average molecular weight is 333 g/mol. The molecule has 0 saturated carbocycles. The summed E-state index contributed by atoms with van der Waals surface area (Å²) in [5.41, 5.74) is 3.51. The maximum Gasteiger partial charge on any atom is 0.100 e. The molecule has 7 heteroatoms. The normalized spacial score (nSPS) is 18.2. The fraction of sp³-hybridized carbons (Fsp3) is 0.647. The lowest BCUT2D eigenvalue weighted by atomic mass is 9.98. The molecule has 0 N–H and O–H groups in total. The standard InChI is InChI=1S/C17H27N5O2/c1-4-22-17-15(13-24-8-6-20(2)3)10-21(11-16(17)18-19-22)9-14-5-7-23-12-14/h5,7,12,15H,4,6,8-11,13H2,1-3H3. The van der Waals surface area contributed by atoms with Crippen molar-refractivity contribution >= 4 is 0 Å². The van der Waals surface area contributed by atoms with Gasteiger partial charge in [0.25, 0.3) is 0 Å². The molecule has 1 aliphatic rings. The predicted octanol–water partition coefficient (Wildman–Crippen LogP) is 1.57. The van der Waals surface area contributed by atoms with Crippen molar-refractivity contribution in [2.24, 2.45) is 0 Å². The van der Waals surface area contributed by atoms with Gasteiger partial charge >= 0.3 is 0 Å². The highest BCUT2D eigenvalue weighted by Crippen LogP contribution is 2.28. The lowest BCUT2D eigenvalue weighted by Crippen LogP contribution is -2.36. The molecule has 132 valence electrons. The molecule has 7 nitrogen and oxygen atoms in total. The molecule has 0 radical (unpaired) electrons. The van der Waals surface area contributed by atoms with E-state index in [4.69, 9.17) is 9.15 Å². The summed E-state index contributed by atoms with van der Waals surface area (Å²) in [7, 11) is 4.12. The Labute approximate surface area is 143 Å². The Bertz CT molecular complexity index is 623. The number of aromatic nitrogens is 3. The van der Waals surface area contributed by atoms with E-state index < -0.39 is 0 Å². The Hall–Kier alpha value is -1.70. The van der Waals surface area contributed by atoms with Gasteiger partial charge in [-0.15, -0.1) is 5.10 Å². The van der Waals surface area contributed by atoms with E-state index in [1.54, 1.807) is 12.5 Å². The Morgan fingerprint density at radius 3 is 3.00 bits per heavy atom. The molecule has 2 aromatic heterocycles. The fourth-order valence-corrected chi connectivity index (χ4v) is 3.19. The first-order valence-electron chi connectivity index (χ1n) is 8.55. The summed E-state index contributed by atoms with van der Waals surface area (Å²) in [5.74, 6) is 0.303. The van der Waals surface area contributed by atoms with E-state index in [2.05, 4.69) is 41.1 Å². The van der Waals surface area contributed by atoms with Crippen LogP contribution >= 0.6 is 0 Å². The third-order valence-electron chi connectivity index (χ3n) is 4.37. The zero-order valence-electron chi connectivity index (χ0n) is 14.8. The molecule has 0 aromatic carbocycles. The van der Waals surface area contributed by atoms with Crippen molar-refractivity contribution in [1.82, 2.24) is 24.8 Å². The largest absolute Gasteiger partial charge is 0.472 e. The van der Waals surface area contributed by atoms with Crippen LogP contribution in [0.1, 0.15) is 29.8 Å². The van der Waals surface area contributed by atoms with Gasteiger partial charge in [0.15, 0.2) is 0 Å². The number of ether oxygens (including phenoxy) is 1. The van der Waals surface area contributed by atoms with Crippen LogP contribution in [-0.2, 0) is 24.4 Å². The summed E-state index contributed by atoms with van der Waals surface area (Å²) < 4.78 is 13.1. The van der Waals surface area contributed by atoms with Crippen LogP contribution in [-0.4, -0.2) is 65.2 Å². The third kappa shape index (κ3) is 4.03. The van der Waals surface area contributed by atoms with Crippen LogP contribution < -0.4 is 0 Å². The van der Waals surface area contributed by atoms with E-state index in [0.29, 0.717) is 12.5 Å². The quantitative estimate of drug-likeness (QED) is 0.684. The molecule has 3 rings (SSSR count). The van der Waals surface area contributed by atoms with Crippen LogP contribution in [0, 0.1) is 0 Å². The summed E-state index contributed by atoms with van der Waals surface area (Å²) in [5, 5.41) is 8.71. The number of rotatable bonds is 8. The van der Waals surface area contributed by atoms with Crippen molar-refractivity contribution in [1.29, 1.82) is 0 Å². The zero-order chi connectivity index (χ0) is 16.9. The van der Waals surface area contributed by atoms with Gasteiger partial charge in [-0.05, 0) is 27.1 Å². The molecule has 3 heterocycles. The van der Waals surface area contributed by atoms with Crippen LogP contribution in [0.25, 0.3) is 0 Å². The average Bonchev–Trinajstić information content (AvgIpc) is 3.20. The number of likely N-dealkylation sites (N-methyl/N-ethyl adjacent to an activating group) is 1. The van der Waals surface area contributed by atoms with Crippen LogP contribution in [0.2, 0.25) is 0 Å². The number of hydrogen-bond acceptors (Lipinski definition) is 6. The maximum atomic E-state index is 5.94. The van der Waals surface area contributed by atoms with Crippen molar-refractivity contribution < 1.29 is 9.15 Å². The van der Waals surface area contributed by atoms with Crippen molar-refractivity contribution in [3.05, 3.63) is 35.5 Å². The Balaban J connectivity index is 1.68. The number of furan rings is 1. The van der Waals surface area contributed by atoms with Crippen molar-refractivity contribution in [2.45, 2.75) is 32.5 Å². The molecule has 1 atom stereocenters. The monoisotopic (exact) mass is 333 g/mol. The van der Waals surface area contributed by atoms with Gasteiger partial charge in [0, 0.05) is 44.2 Å². The summed E-state index contributed by atoms with van der Waals surface area (Å²) in [6.07, 6.45) is 3.53. The molecule has 0 spiro atoms. The topological polar surface area (TPSA) is 59.6 Å². The highest BCUT2D eigenvalue weighted by atomic mass is 16.5. The van der Waals surface area contributed by atoms with E-state index >= 15 is 0 Å². The van der Waals surface area contributed by atoms with Gasteiger partial charge in [-0.2, -0.15) is 0 Å².